The van der Waals surface area contributed by atoms with Crippen LogP contribution in [0.15, 0.2) is 28.7 Å². The lowest BCUT2D eigenvalue weighted by molar-refractivity contribution is -0.119. The van der Waals surface area contributed by atoms with Gasteiger partial charge in [-0.2, -0.15) is 0 Å². The lowest BCUT2D eigenvalue weighted by Gasteiger charge is -2.13. The molecule has 0 spiro atoms. The van der Waals surface area contributed by atoms with E-state index in [0.717, 1.165) is 16.8 Å². The van der Waals surface area contributed by atoms with Crippen LogP contribution in [0.4, 0.5) is 5.69 Å². The van der Waals surface area contributed by atoms with Crippen LogP contribution in [0.1, 0.15) is 52.8 Å². The van der Waals surface area contributed by atoms with Gasteiger partial charge in [0.25, 0.3) is 5.91 Å². The van der Waals surface area contributed by atoms with E-state index in [0.29, 0.717) is 17.1 Å². The number of anilines is 1. The summed E-state index contributed by atoms with van der Waals surface area (Å²) in [6, 6.07) is 7.59. The van der Waals surface area contributed by atoms with Gasteiger partial charge < -0.3 is 14.5 Å². The maximum atomic E-state index is 12.2. The zero-order chi connectivity index (χ0) is 17.9. The number of benzene rings is 1. The molecule has 0 saturated carbocycles. The van der Waals surface area contributed by atoms with E-state index in [4.69, 9.17) is 9.15 Å². The Morgan fingerprint density at radius 3 is 2.38 bits per heavy atom. The third-order valence-corrected chi connectivity index (χ3v) is 3.96. The number of amides is 1. The monoisotopic (exact) mass is 329 g/mol. The SMILES string of the molecule is Cc1oc(C)c(C(=O)OCC(=O)Nc2ccccc2C(C)C)c1C. The van der Waals surface area contributed by atoms with Crippen LogP contribution < -0.4 is 5.32 Å². The summed E-state index contributed by atoms with van der Waals surface area (Å²) >= 11 is 0. The van der Waals surface area contributed by atoms with Gasteiger partial charge in [0, 0.05) is 11.3 Å². The number of aryl methyl sites for hydroxylation is 2. The van der Waals surface area contributed by atoms with E-state index in [-0.39, 0.29) is 18.4 Å². The summed E-state index contributed by atoms with van der Waals surface area (Å²) in [6.07, 6.45) is 0. The number of carbonyl (C=O) groups excluding carboxylic acids is 2. The molecule has 0 radical (unpaired) electrons. The minimum Gasteiger partial charge on any atom is -0.465 e. The van der Waals surface area contributed by atoms with Crippen LogP contribution in [0.25, 0.3) is 0 Å². The van der Waals surface area contributed by atoms with Crippen LogP contribution in [0.5, 0.6) is 0 Å². The fourth-order valence-corrected chi connectivity index (χ4v) is 2.60. The summed E-state index contributed by atoms with van der Waals surface area (Å²) < 4.78 is 10.5. The molecule has 0 aliphatic rings. The molecule has 0 saturated heterocycles. The first kappa shape index (κ1) is 17.8. The minimum absolute atomic E-state index is 0.281. The Kier molecular flexibility index (Phi) is 5.44. The molecule has 1 amide bonds. The summed E-state index contributed by atoms with van der Waals surface area (Å²) in [6.45, 7) is 9.05. The topological polar surface area (TPSA) is 68.5 Å². The second-order valence-electron chi connectivity index (χ2n) is 6.08. The molecule has 24 heavy (non-hydrogen) atoms. The lowest BCUT2D eigenvalue weighted by atomic mass is 10.0. The van der Waals surface area contributed by atoms with Crippen LogP contribution >= 0.6 is 0 Å². The van der Waals surface area contributed by atoms with E-state index in [2.05, 4.69) is 19.2 Å². The predicted octanol–water partition coefficient (Wildman–Crippen LogP) is 4.12. The zero-order valence-electron chi connectivity index (χ0n) is 14.7. The van der Waals surface area contributed by atoms with Crippen molar-refractivity contribution in [3.05, 3.63) is 52.5 Å². The molecule has 2 rings (SSSR count). The number of rotatable bonds is 5. The Balaban J connectivity index is 2.00. The number of carbonyl (C=O) groups is 2. The van der Waals surface area contributed by atoms with Gasteiger partial charge in [-0.05, 0) is 38.3 Å². The van der Waals surface area contributed by atoms with Crippen LogP contribution in [0, 0.1) is 20.8 Å². The average Bonchev–Trinajstić information content (AvgIpc) is 2.78. The van der Waals surface area contributed by atoms with Gasteiger partial charge >= 0.3 is 5.97 Å². The quantitative estimate of drug-likeness (QED) is 0.838. The van der Waals surface area contributed by atoms with Gasteiger partial charge in [-0.15, -0.1) is 0 Å². The molecular weight excluding hydrogens is 306 g/mol. The third kappa shape index (κ3) is 3.85. The van der Waals surface area contributed by atoms with Crippen molar-refractivity contribution in [2.75, 3.05) is 11.9 Å². The zero-order valence-corrected chi connectivity index (χ0v) is 14.7. The normalized spacial score (nSPS) is 10.8. The number of ether oxygens (including phenoxy) is 1. The molecule has 1 heterocycles. The summed E-state index contributed by atoms with van der Waals surface area (Å²) in [4.78, 5) is 24.3. The van der Waals surface area contributed by atoms with Gasteiger partial charge in [-0.3, -0.25) is 4.79 Å². The molecule has 0 fully saturated rings. The van der Waals surface area contributed by atoms with Crippen molar-refractivity contribution in [2.24, 2.45) is 0 Å². The molecular formula is C19H23NO4. The minimum atomic E-state index is -0.547. The van der Waals surface area contributed by atoms with Crippen LogP contribution in [-0.2, 0) is 9.53 Å². The van der Waals surface area contributed by atoms with E-state index in [1.165, 1.54) is 0 Å². The highest BCUT2D eigenvalue weighted by Crippen LogP contribution is 2.24. The van der Waals surface area contributed by atoms with Gasteiger partial charge in [-0.25, -0.2) is 4.79 Å². The van der Waals surface area contributed by atoms with Crippen LogP contribution in [0.2, 0.25) is 0 Å². The second-order valence-corrected chi connectivity index (χ2v) is 6.08. The van der Waals surface area contributed by atoms with Crippen molar-refractivity contribution in [3.8, 4) is 0 Å². The summed E-state index contributed by atoms with van der Waals surface area (Å²) in [5.41, 5.74) is 2.90. The number of hydrogen-bond donors (Lipinski definition) is 1. The summed E-state index contributed by atoms with van der Waals surface area (Å²) in [5, 5.41) is 2.79. The molecule has 5 nitrogen and oxygen atoms in total. The van der Waals surface area contributed by atoms with Crippen molar-refractivity contribution >= 4 is 17.6 Å². The Morgan fingerprint density at radius 2 is 1.79 bits per heavy atom. The Bertz CT molecular complexity index is 759. The van der Waals surface area contributed by atoms with Gasteiger partial charge in [-0.1, -0.05) is 32.0 Å². The maximum absolute atomic E-state index is 12.2. The highest BCUT2D eigenvalue weighted by Gasteiger charge is 2.21. The van der Waals surface area contributed by atoms with Gasteiger partial charge in [0.15, 0.2) is 6.61 Å². The highest BCUT2D eigenvalue weighted by molar-refractivity contribution is 5.97. The largest absolute Gasteiger partial charge is 0.465 e. The van der Waals surface area contributed by atoms with Crippen molar-refractivity contribution in [1.82, 2.24) is 0 Å². The smallest absolute Gasteiger partial charge is 0.342 e. The first-order valence-corrected chi connectivity index (χ1v) is 7.93. The molecule has 0 unspecified atom stereocenters. The third-order valence-electron chi connectivity index (χ3n) is 3.96. The second kappa shape index (κ2) is 7.34. The van der Waals surface area contributed by atoms with E-state index >= 15 is 0 Å². The summed E-state index contributed by atoms with van der Waals surface area (Å²) in [5.74, 6) is 0.541. The molecule has 0 aliphatic carbocycles. The van der Waals surface area contributed by atoms with E-state index in [9.17, 15) is 9.59 Å². The molecule has 0 aliphatic heterocycles. The standard InChI is InChI=1S/C19H23NO4/c1-11(2)15-8-6-7-9-16(15)20-17(21)10-23-19(22)18-12(3)13(4)24-14(18)5/h6-9,11H,10H2,1-5H3,(H,20,21). The number of hydrogen-bond acceptors (Lipinski definition) is 4. The van der Waals surface area contributed by atoms with E-state index < -0.39 is 5.97 Å². The Hall–Kier alpha value is -2.56. The van der Waals surface area contributed by atoms with Crippen LogP contribution in [-0.4, -0.2) is 18.5 Å². The molecule has 1 aromatic heterocycles. The van der Waals surface area contributed by atoms with Crippen molar-refractivity contribution in [1.29, 1.82) is 0 Å². The van der Waals surface area contributed by atoms with Gasteiger partial charge in [0.2, 0.25) is 0 Å². The molecule has 0 atom stereocenters. The molecule has 1 aromatic carbocycles. The maximum Gasteiger partial charge on any atom is 0.342 e. The molecule has 5 heteroatoms. The van der Waals surface area contributed by atoms with E-state index in [1.54, 1.807) is 20.8 Å². The molecule has 128 valence electrons. The van der Waals surface area contributed by atoms with Crippen molar-refractivity contribution in [3.63, 3.8) is 0 Å². The van der Waals surface area contributed by atoms with Gasteiger partial charge in [0.1, 0.15) is 17.1 Å². The first-order chi connectivity index (χ1) is 11.3. The number of furan rings is 1. The fraction of sp³-hybridized carbons (Fsp3) is 0.368. The number of esters is 1. The first-order valence-electron chi connectivity index (χ1n) is 7.93. The van der Waals surface area contributed by atoms with Gasteiger partial charge in [0.05, 0.1) is 0 Å². The summed E-state index contributed by atoms with van der Waals surface area (Å²) in [7, 11) is 0. The Morgan fingerprint density at radius 1 is 1.12 bits per heavy atom. The van der Waals surface area contributed by atoms with Crippen LogP contribution in [0.3, 0.4) is 0 Å². The number of nitrogens with one attached hydrogen (secondary N) is 1. The van der Waals surface area contributed by atoms with E-state index in [1.807, 2.05) is 24.3 Å². The average molecular weight is 329 g/mol. The van der Waals surface area contributed by atoms with Crippen molar-refractivity contribution in [2.45, 2.75) is 40.5 Å². The Labute approximate surface area is 142 Å². The number of para-hydroxylation sites is 1. The molecule has 1 N–H and O–H groups in total. The van der Waals surface area contributed by atoms with Crippen molar-refractivity contribution < 1.29 is 18.7 Å². The lowest BCUT2D eigenvalue weighted by Crippen LogP contribution is -2.22. The molecule has 0 bridgehead atoms. The highest BCUT2D eigenvalue weighted by atomic mass is 16.5. The fourth-order valence-electron chi connectivity index (χ4n) is 2.60. The molecule has 2 aromatic rings. The predicted molar refractivity (Wildman–Crippen MR) is 92.4 cm³/mol.